The third-order valence-electron chi connectivity index (χ3n) is 4.17. The molecule has 1 aliphatic rings. The fourth-order valence-electron chi connectivity index (χ4n) is 3.15. The molecule has 0 saturated carbocycles. The maximum absolute atomic E-state index is 14.1. The number of hydrogen-bond acceptors (Lipinski definition) is 3. The normalized spacial score (nSPS) is 16.8. The van der Waals surface area contributed by atoms with Crippen LogP contribution in [0.15, 0.2) is 29.1 Å². The molecule has 0 atom stereocenters. The summed E-state index contributed by atoms with van der Waals surface area (Å²) < 4.78 is 15.8. The Hall–Kier alpha value is -2.21. The standard InChI is InChI=1S/C15H15FN4O/c16-10-2-1-3-11-14(10)15-18-13(21)8-12(20(15)19-11)9-4-6-17-7-5-9/h1-3,8-9,17H,4-7H2,(H,18,21). The second-order valence-corrected chi connectivity index (χ2v) is 5.48. The van der Waals surface area contributed by atoms with Gasteiger partial charge in [-0.1, -0.05) is 6.07 Å². The fourth-order valence-corrected chi connectivity index (χ4v) is 3.15. The van der Waals surface area contributed by atoms with Crippen molar-refractivity contribution in [2.75, 3.05) is 13.1 Å². The molecule has 5 nitrogen and oxygen atoms in total. The van der Waals surface area contributed by atoms with Crippen LogP contribution in [0.2, 0.25) is 0 Å². The second kappa shape index (κ2) is 4.66. The number of aromatic amines is 1. The van der Waals surface area contributed by atoms with Crippen molar-refractivity contribution >= 4 is 16.6 Å². The minimum atomic E-state index is -0.361. The van der Waals surface area contributed by atoms with Crippen molar-refractivity contribution in [3.63, 3.8) is 0 Å². The molecular weight excluding hydrogens is 271 g/mol. The number of nitrogens with one attached hydrogen (secondary N) is 2. The lowest BCUT2D eigenvalue weighted by molar-refractivity contribution is 0.446. The Morgan fingerprint density at radius 2 is 2.10 bits per heavy atom. The second-order valence-electron chi connectivity index (χ2n) is 5.48. The van der Waals surface area contributed by atoms with Gasteiger partial charge in [-0.25, -0.2) is 8.91 Å². The monoisotopic (exact) mass is 286 g/mol. The Labute approximate surface area is 119 Å². The van der Waals surface area contributed by atoms with Gasteiger partial charge in [0.15, 0.2) is 0 Å². The average Bonchev–Trinajstić information content (AvgIpc) is 2.87. The van der Waals surface area contributed by atoms with Crippen molar-refractivity contribution in [3.8, 4) is 0 Å². The van der Waals surface area contributed by atoms with Crippen molar-refractivity contribution < 1.29 is 4.39 Å². The summed E-state index contributed by atoms with van der Waals surface area (Å²) in [5, 5.41) is 8.17. The highest BCUT2D eigenvalue weighted by molar-refractivity contribution is 5.92. The van der Waals surface area contributed by atoms with E-state index in [1.54, 1.807) is 22.7 Å². The van der Waals surface area contributed by atoms with E-state index in [-0.39, 0.29) is 17.3 Å². The zero-order valence-corrected chi connectivity index (χ0v) is 11.4. The molecule has 0 bridgehead atoms. The molecule has 4 rings (SSSR count). The summed E-state index contributed by atoms with van der Waals surface area (Å²) in [6.07, 6.45) is 1.91. The summed E-state index contributed by atoms with van der Waals surface area (Å²) in [6.45, 7) is 1.85. The number of halogens is 1. The molecule has 1 fully saturated rings. The molecule has 1 aliphatic heterocycles. The Morgan fingerprint density at radius 1 is 1.29 bits per heavy atom. The van der Waals surface area contributed by atoms with Crippen LogP contribution in [0.4, 0.5) is 4.39 Å². The first kappa shape index (κ1) is 12.5. The van der Waals surface area contributed by atoms with Crippen LogP contribution in [0.1, 0.15) is 24.5 Å². The van der Waals surface area contributed by atoms with Crippen molar-refractivity contribution in [3.05, 3.63) is 46.1 Å². The largest absolute Gasteiger partial charge is 0.317 e. The van der Waals surface area contributed by atoms with Gasteiger partial charge in [-0.3, -0.25) is 4.79 Å². The molecule has 0 spiro atoms. The Bertz CT molecular complexity index is 876. The molecule has 0 amide bonds. The van der Waals surface area contributed by atoms with E-state index in [9.17, 15) is 9.18 Å². The van der Waals surface area contributed by atoms with Crippen molar-refractivity contribution in [1.82, 2.24) is 19.9 Å². The van der Waals surface area contributed by atoms with E-state index < -0.39 is 0 Å². The number of benzene rings is 1. The van der Waals surface area contributed by atoms with Crippen LogP contribution in [0, 0.1) is 5.82 Å². The molecule has 3 aromatic rings. The van der Waals surface area contributed by atoms with E-state index in [2.05, 4.69) is 15.4 Å². The van der Waals surface area contributed by atoms with Crippen LogP contribution in [0.25, 0.3) is 16.6 Å². The van der Waals surface area contributed by atoms with Crippen molar-refractivity contribution in [2.45, 2.75) is 18.8 Å². The van der Waals surface area contributed by atoms with Crippen LogP contribution in [0.3, 0.4) is 0 Å². The first-order chi connectivity index (χ1) is 10.2. The number of aromatic nitrogens is 3. The SMILES string of the molecule is O=c1cc(C2CCNCC2)n2nc3cccc(F)c3c2[nH]1. The Balaban J connectivity index is 2.05. The van der Waals surface area contributed by atoms with Crippen LogP contribution in [0.5, 0.6) is 0 Å². The first-order valence-corrected chi connectivity index (χ1v) is 7.15. The van der Waals surface area contributed by atoms with Gasteiger partial charge in [0.05, 0.1) is 16.6 Å². The lowest BCUT2D eigenvalue weighted by atomic mass is 9.94. The third-order valence-corrected chi connectivity index (χ3v) is 4.17. The lowest BCUT2D eigenvalue weighted by Gasteiger charge is -2.23. The van der Waals surface area contributed by atoms with Gasteiger partial charge in [0.25, 0.3) is 5.56 Å². The molecule has 21 heavy (non-hydrogen) atoms. The van der Waals surface area contributed by atoms with Crippen LogP contribution >= 0.6 is 0 Å². The van der Waals surface area contributed by atoms with E-state index in [0.717, 1.165) is 31.6 Å². The van der Waals surface area contributed by atoms with Gasteiger partial charge in [-0.2, -0.15) is 5.10 Å². The van der Waals surface area contributed by atoms with Gasteiger partial charge in [0.2, 0.25) is 0 Å². The Morgan fingerprint density at radius 3 is 2.90 bits per heavy atom. The number of hydrogen-bond donors (Lipinski definition) is 2. The molecule has 0 radical (unpaired) electrons. The minimum Gasteiger partial charge on any atom is -0.317 e. The zero-order chi connectivity index (χ0) is 14.4. The molecule has 1 aromatic carbocycles. The van der Waals surface area contributed by atoms with Gasteiger partial charge in [0, 0.05) is 12.0 Å². The molecule has 2 aromatic heterocycles. The maximum atomic E-state index is 14.1. The van der Waals surface area contributed by atoms with E-state index in [4.69, 9.17) is 0 Å². The Kier molecular flexibility index (Phi) is 2.78. The molecule has 6 heteroatoms. The summed E-state index contributed by atoms with van der Waals surface area (Å²) >= 11 is 0. The highest BCUT2D eigenvalue weighted by Gasteiger charge is 2.21. The van der Waals surface area contributed by atoms with Crippen molar-refractivity contribution in [1.29, 1.82) is 0 Å². The fraction of sp³-hybridized carbons (Fsp3) is 0.333. The number of nitrogens with zero attached hydrogens (tertiary/aromatic N) is 2. The molecule has 0 aliphatic carbocycles. The molecule has 2 N–H and O–H groups in total. The van der Waals surface area contributed by atoms with Crippen LogP contribution in [-0.4, -0.2) is 27.7 Å². The molecule has 108 valence electrons. The number of H-pyrrole nitrogens is 1. The zero-order valence-electron chi connectivity index (χ0n) is 11.4. The number of rotatable bonds is 1. The van der Waals surface area contributed by atoms with Crippen LogP contribution < -0.4 is 10.9 Å². The van der Waals surface area contributed by atoms with Gasteiger partial charge in [0.1, 0.15) is 11.5 Å². The van der Waals surface area contributed by atoms with E-state index in [1.165, 1.54) is 6.07 Å². The topological polar surface area (TPSA) is 62.2 Å². The molecule has 1 saturated heterocycles. The van der Waals surface area contributed by atoms with Gasteiger partial charge in [-0.05, 0) is 38.1 Å². The average molecular weight is 286 g/mol. The summed E-state index contributed by atoms with van der Waals surface area (Å²) in [6, 6.07) is 6.37. The summed E-state index contributed by atoms with van der Waals surface area (Å²) in [7, 11) is 0. The smallest absolute Gasteiger partial charge is 0.251 e. The van der Waals surface area contributed by atoms with Gasteiger partial charge in [-0.15, -0.1) is 0 Å². The quantitative estimate of drug-likeness (QED) is 0.717. The number of fused-ring (bicyclic) bond motifs is 3. The van der Waals surface area contributed by atoms with Crippen molar-refractivity contribution in [2.24, 2.45) is 0 Å². The predicted molar refractivity (Wildman–Crippen MR) is 78.1 cm³/mol. The van der Waals surface area contributed by atoms with Gasteiger partial charge < -0.3 is 10.3 Å². The summed E-state index contributed by atoms with van der Waals surface area (Å²) in [5.74, 6) is -0.0889. The summed E-state index contributed by atoms with van der Waals surface area (Å²) in [4.78, 5) is 14.7. The lowest BCUT2D eigenvalue weighted by Crippen LogP contribution is -2.28. The van der Waals surface area contributed by atoms with Gasteiger partial charge >= 0.3 is 0 Å². The number of piperidine rings is 1. The first-order valence-electron chi connectivity index (χ1n) is 7.15. The molecule has 0 unspecified atom stereocenters. The third kappa shape index (κ3) is 1.94. The molecule has 3 heterocycles. The maximum Gasteiger partial charge on any atom is 0.251 e. The molecular formula is C15H15FN4O. The minimum absolute atomic E-state index is 0.207. The van der Waals surface area contributed by atoms with E-state index in [1.807, 2.05) is 0 Å². The van der Waals surface area contributed by atoms with E-state index in [0.29, 0.717) is 16.6 Å². The highest BCUT2D eigenvalue weighted by atomic mass is 19.1. The summed E-state index contributed by atoms with van der Waals surface area (Å²) in [5.41, 5.74) is 1.67. The highest BCUT2D eigenvalue weighted by Crippen LogP contribution is 2.27. The van der Waals surface area contributed by atoms with E-state index >= 15 is 0 Å². The predicted octanol–water partition coefficient (Wildman–Crippen LogP) is 1.78. The van der Waals surface area contributed by atoms with Crippen LogP contribution in [-0.2, 0) is 0 Å².